The Morgan fingerprint density at radius 2 is 1.69 bits per heavy atom. The number of hydrogen-bond donors (Lipinski definition) is 0. The van der Waals surface area contributed by atoms with Gasteiger partial charge in [-0.1, -0.05) is 29.8 Å². The predicted molar refractivity (Wildman–Crippen MR) is 131 cm³/mol. The molecule has 2 aromatic rings. The van der Waals surface area contributed by atoms with Gasteiger partial charge >= 0.3 is 6.18 Å². The van der Waals surface area contributed by atoms with Crippen molar-refractivity contribution < 1.29 is 21.6 Å². The lowest BCUT2D eigenvalue weighted by molar-refractivity contribution is -0.141. The summed E-state index contributed by atoms with van der Waals surface area (Å²) in [7, 11) is -3.64. The van der Waals surface area contributed by atoms with E-state index in [0.29, 0.717) is 32.2 Å². The molecule has 1 aromatic carbocycles. The second kappa shape index (κ2) is 11.7. The summed E-state index contributed by atoms with van der Waals surface area (Å²) >= 11 is 6.14. The quantitative estimate of drug-likeness (QED) is 0.545. The molecule has 35 heavy (non-hydrogen) atoms. The van der Waals surface area contributed by atoms with E-state index in [9.17, 15) is 21.6 Å². The van der Waals surface area contributed by atoms with E-state index >= 15 is 0 Å². The first-order valence-electron chi connectivity index (χ1n) is 11.4. The van der Waals surface area contributed by atoms with Crippen molar-refractivity contribution in [2.75, 3.05) is 39.3 Å². The molecule has 0 atom stereocenters. The molecule has 1 aromatic heterocycles. The van der Waals surface area contributed by atoms with Crippen molar-refractivity contribution in [3.8, 4) is 0 Å². The van der Waals surface area contributed by atoms with E-state index in [4.69, 9.17) is 11.6 Å². The smallest absolute Gasteiger partial charge is 0.299 e. The van der Waals surface area contributed by atoms with Crippen LogP contribution in [0.2, 0.25) is 5.02 Å². The molecule has 2 aliphatic rings. The van der Waals surface area contributed by atoms with E-state index in [2.05, 4.69) is 14.8 Å². The summed E-state index contributed by atoms with van der Waals surface area (Å²) in [6.45, 7) is 4.63. The number of rotatable bonds is 5. The van der Waals surface area contributed by atoms with E-state index in [1.165, 1.54) is 16.6 Å². The van der Waals surface area contributed by atoms with E-state index in [1.807, 2.05) is 0 Å². The number of pyridine rings is 1. The summed E-state index contributed by atoms with van der Waals surface area (Å²) in [6, 6.07) is 9.41. The van der Waals surface area contributed by atoms with Crippen LogP contribution in [0.25, 0.3) is 0 Å². The monoisotopic (exact) mass is 552 g/mol. The third-order valence-electron chi connectivity index (χ3n) is 6.54. The van der Waals surface area contributed by atoms with Crippen LogP contribution in [0.1, 0.15) is 30.5 Å². The largest absolute Gasteiger partial charge is 0.433 e. The van der Waals surface area contributed by atoms with Gasteiger partial charge in [-0.15, -0.1) is 12.4 Å². The molecule has 0 spiro atoms. The van der Waals surface area contributed by atoms with Gasteiger partial charge in [-0.3, -0.25) is 14.8 Å². The Bertz CT molecular complexity index is 1080. The van der Waals surface area contributed by atoms with Crippen LogP contribution in [0.5, 0.6) is 0 Å². The van der Waals surface area contributed by atoms with Crippen molar-refractivity contribution in [3.63, 3.8) is 0 Å². The third kappa shape index (κ3) is 6.87. The summed E-state index contributed by atoms with van der Waals surface area (Å²) in [5.74, 6) is 0. The SMILES string of the molecule is Cl.O=S(=O)(c1ccccc1Cl)N1CCCN(C2CCN(Cc3ccc(C(F)(F)F)nc3)CC2)CC1. The predicted octanol–water partition coefficient (Wildman–Crippen LogP) is 4.54. The van der Waals surface area contributed by atoms with Crippen molar-refractivity contribution in [2.24, 2.45) is 0 Å². The number of likely N-dealkylation sites (tertiary alicyclic amines) is 1. The Morgan fingerprint density at radius 1 is 0.971 bits per heavy atom. The molecule has 3 heterocycles. The highest BCUT2D eigenvalue weighted by atomic mass is 35.5. The number of sulfonamides is 1. The van der Waals surface area contributed by atoms with Crippen molar-refractivity contribution in [2.45, 2.75) is 42.9 Å². The Morgan fingerprint density at radius 3 is 2.31 bits per heavy atom. The zero-order chi connectivity index (χ0) is 24.3. The molecule has 0 bridgehead atoms. The van der Waals surface area contributed by atoms with Gasteiger partial charge in [0.1, 0.15) is 10.6 Å². The molecule has 2 saturated heterocycles. The molecule has 194 valence electrons. The summed E-state index contributed by atoms with van der Waals surface area (Å²) in [4.78, 5) is 8.30. The average Bonchev–Trinajstić information content (AvgIpc) is 3.07. The number of piperidine rings is 1. The van der Waals surface area contributed by atoms with Crippen LogP contribution in [0.15, 0.2) is 47.5 Å². The maximum atomic E-state index is 13.1. The summed E-state index contributed by atoms with van der Waals surface area (Å²) in [6.07, 6.45) is -0.498. The lowest BCUT2D eigenvalue weighted by Crippen LogP contribution is -2.46. The molecule has 2 aliphatic heterocycles. The minimum absolute atomic E-state index is 0. The van der Waals surface area contributed by atoms with Crippen LogP contribution in [-0.4, -0.2) is 72.8 Å². The summed E-state index contributed by atoms with van der Waals surface area (Å²) < 4.78 is 65.8. The summed E-state index contributed by atoms with van der Waals surface area (Å²) in [5, 5.41) is 0.235. The van der Waals surface area contributed by atoms with Gasteiger partial charge in [-0.05, 0) is 62.7 Å². The number of nitrogens with zero attached hydrogens (tertiary/aromatic N) is 4. The van der Waals surface area contributed by atoms with E-state index in [1.54, 1.807) is 24.3 Å². The topological polar surface area (TPSA) is 56.8 Å². The number of aromatic nitrogens is 1. The molecule has 0 amide bonds. The fourth-order valence-corrected chi connectivity index (χ4v) is 6.66. The number of alkyl halides is 3. The van der Waals surface area contributed by atoms with Gasteiger partial charge < -0.3 is 0 Å². The average molecular weight is 553 g/mol. The van der Waals surface area contributed by atoms with Crippen LogP contribution >= 0.6 is 24.0 Å². The van der Waals surface area contributed by atoms with Gasteiger partial charge in [0.25, 0.3) is 0 Å². The Kier molecular flexibility index (Phi) is 9.45. The van der Waals surface area contributed by atoms with Crippen LogP contribution in [-0.2, 0) is 22.7 Å². The molecule has 12 heteroatoms. The Balaban J connectivity index is 0.00000342. The molecule has 0 N–H and O–H groups in total. The highest BCUT2D eigenvalue weighted by Gasteiger charge is 2.33. The third-order valence-corrected chi connectivity index (χ3v) is 8.94. The zero-order valence-corrected chi connectivity index (χ0v) is 21.5. The Labute approximate surface area is 215 Å². The van der Waals surface area contributed by atoms with Gasteiger partial charge in [-0.2, -0.15) is 17.5 Å². The number of hydrogen-bond acceptors (Lipinski definition) is 5. The molecule has 0 radical (unpaired) electrons. The van der Waals surface area contributed by atoms with Crippen LogP contribution in [0, 0.1) is 0 Å². The highest BCUT2D eigenvalue weighted by Crippen LogP contribution is 2.28. The van der Waals surface area contributed by atoms with Crippen molar-refractivity contribution in [1.29, 1.82) is 0 Å². The first-order chi connectivity index (χ1) is 16.1. The van der Waals surface area contributed by atoms with Gasteiger partial charge in [0.2, 0.25) is 10.0 Å². The fourth-order valence-electron chi connectivity index (χ4n) is 4.70. The second-order valence-electron chi connectivity index (χ2n) is 8.78. The molecule has 4 rings (SSSR count). The summed E-state index contributed by atoms with van der Waals surface area (Å²) in [5.41, 5.74) is -0.108. The maximum Gasteiger partial charge on any atom is 0.433 e. The van der Waals surface area contributed by atoms with E-state index in [-0.39, 0.29) is 22.3 Å². The number of halogens is 5. The normalized spacial score (nSPS) is 19.8. The zero-order valence-electron chi connectivity index (χ0n) is 19.1. The van der Waals surface area contributed by atoms with Gasteiger partial charge in [0.15, 0.2) is 0 Å². The van der Waals surface area contributed by atoms with Crippen LogP contribution < -0.4 is 0 Å². The highest BCUT2D eigenvalue weighted by molar-refractivity contribution is 7.89. The van der Waals surface area contributed by atoms with Crippen LogP contribution in [0.3, 0.4) is 0 Å². The van der Waals surface area contributed by atoms with E-state index < -0.39 is 21.9 Å². The molecule has 6 nitrogen and oxygen atoms in total. The first kappa shape index (κ1) is 28.1. The second-order valence-corrected chi connectivity index (χ2v) is 11.1. The van der Waals surface area contributed by atoms with Gasteiger partial charge in [0.05, 0.1) is 5.02 Å². The number of benzene rings is 1. The molecule has 0 saturated carbocycles. The standard InChI is InChI=1S/C23H28ClF3N4O2S.ClH/c24-20-4-1-2-5-21(20)34(32,33)31-11-3-10-30(14-15-31)19-8-12-29(13-9-19)17-18-6-7-22(28-16-18)23(25,26)27;/h1-2,4-7,16,19H,3,8-15,17H2;1H. The lowest BCUT2D eigenvalue weighted by atomic mass is 10.0. The molecular formula is C23H29Cl2F3N4O2S. The Hall–Kier alpha value is -1.43. The fraction of sp³-hybridized carbons (Fsp3) is 0.522. The minimum atomic E-state index is -4.42. The van der Waals surface area contributed by atoms with E-state index in [0.717, 1.165) is 50.5 Å². The van der Waals surface area contributed by atoms with Gasteiger partial charge in [0, 0.05) is 38.4 Å². The van der Waals surface area contributed by atoms with Crippen LogP contribution in [0.4, 0.5) is 13.2 Å². The van der Waals surface area contributed by atoms with Crippen molar-refractivity contribution >= 4 is 34.0 Å². The lowest BCUT2D eigenvalue weighted by Gasteiger charge is -2.38. The maximum absolute atomic E-state index is 13.1. The first-order valence-corrected chi connectivity index (χ1v) is 13.2. The molecule has 0 aliphatic carbocycles. The molecular weight excluding hydrogens is 524 g/mol. The van der Waals surface area contributed by atoms with Crippen molar-refractivity contribution in [3.05, 3.63) is 58.9 Å². The van der Waals surface area contributed by atoms with Crippen molar-refractivity contribution in [1.82, 2.24) is 19.1 Å². The minimum Gasteiger partial charge on any atom is -0.299 e. The molecule has 2 fully saturated rings. The van der Waals surface area contributed by atoms with Gasteiger partial charge in [-0.25, -0.2) is 8.42 Å². The molecule has 0 unspecified atom stereocenters.